The number of hydrogen-bond acceptors (Lipinski definition) is 2. The van der Waals surface area contributed by atoms with Crippen LogP contribution in [0.2, 0.25) is 0 Å². The molecule has 9 aromatic rings. The number of fused-ring (bicyclic) bond motifs is 3. The zero-order valence-electron chi connectivity index (χ0n) is 41.7. The van der Waals surface area contributed by atoms with E-state index in [0.29, 0.717) is 0 Å². The third-order valence-electron chi connectivity index (χ3n) is 13.5. The molecule has 0 radical (unpaired) electrons. The predicted octanol–water partition coefficient (Wildman–Crippen LogP) is 19.9. The van der Waals surface area contributed by atoms with Crippen molar-refractivity contribution in [3.8, 4) is 55.6 Å². The molecule has 1 aromatic heterocycles. The summed E-state index contributed by atoms with van der Waals surface area (Å²) in [5.41, 5.74) is 25.0. The van der Waals surface area contributed by atoms with E-state index in [4.69, 9.17) is 0 Å². The molecule has 0 bridgehead atoms. The Kier molecular flexibility index (Phi) is 14.8. The van der Waals surface area contributed by atoms with Gasteiger partial charge in [-0.25, -0.2) is 0 Å². The Morgan fingerprint density at radius 2 is 1.14 bits per heavy atom. The molecule has 1 nitrogen and oxygen atoms in total. The molecule has 0 unspecified atom stereocenters. The van der Waals surface area contributed by atoms with Crippen molar-refractivity contribution in [3.63, 3.8) is 0 Å². The molecule has 8 aromatic carbocycles. The smallest absolute Gasteiger partial charge is 0.0380 e. The zero-order chi connectivity index (χ0) is 48.6. The highest BCUT2D eigenvalue weighted by Gasteiger charge is 2.16. The van der Waals surface area contributed by atoms with Crippen LogP contribution in [0.5, 0.6) is 0 Å². The van der Waals surface area contributed by atoms with E-state index in [1.807, 2.05) is 17.5 Å². The second-order valence-electron chi connectivity index (χ2n) is 18.6. The minimum Gasteiger partial charge on any atom is -0.362 e. The van der Waals surface area contributed by atoms with Gasteiger partial charge in [0.25, 0.3) is 0 Å². The highest BCUT2D eigenvalue weighted by Crippen LogP contribution is 2.40. The minimum absolute atomic E-state index is 1.05. The molecule has 1 aliphatic rings. The molecule has 0 saturated carbocycles. The Balaban J connectivity index is 0.00000198. The SMILES string of the molecule is CCC.Cc1cc(\C=C/C(=C\C=C\Nc2ccc(-c3ccc4sc5c(c4c3)C=CCC5)cc2)c2ccccc2)ccc1-c1ccc(-c2cccc(-c3cccc(-c4ccccc4C)c3C)c2C)cc1C. The van der Waals surface area contributed by atoms with E-state index in [-0.39, 0.29) is 0 Å². The molecule has 0 saturated heterocycles. The molecule has 0 amide bonds. The molecule has 1 aliphatic carbocycles. The van der Waals surface area contributed by atoms with Crippen molar-refractivity contribution < 1.29 is 0 Å². The Morgan fingerprint density at radius 1 is 0.543 bits per heavy atom. The van der Waals surface area contributed by atoms with Gasteiger partial charge in [0.1, 0.15) is 0 Å². The first kappa shape index (κ1) is 47.5. The number of benzene rings is 8. The fourth-order valence-corrected chi connectivity index (χ4v) is 11.0. The van der Waals surface area contributed by atoms with Gasteiger partial charge in [-0.15, -0.1) is 11.3 Å². The standard InChI is InChI=1S/C65H55NS.C3H8/c1-43-16-9-10-20-55(43)59-23-14-25-61(47(59)5)60-24-13-22-58(46(60)4)53-32-37-57(45(3)41-53)56-36-28-48(40-44(56)2)27-29-50(49-17-7-6-8-18-49)19-15-39-66-54-34-30-51(31-35-54)52-33-38-65-63(42-52)62-21-11-12-26-64(62)67-65;1-3-2/h6-11,13-25,27-42,66H,12,26H2,1-5H3;3H2,1-2H3/b29-27-,39-15+,50-19+;. The first-order valence-corrected chi connectivity index (χ1v) is 25.7. The number of rotatable bonds is 11. The van der Waals surface area contributed by atoms with E-state index in [0.717, 1.165) is 24.1 Å². The Morgan fingerprint density at radius 3 is 1.86 bits per heavy atom. The molecule has 0 spiro atoms. The van der Waals surface area contributed by atoms with Crippen LogP contribution >= 0.6 is 11.3 Å². The van der Waals surface area contributed by atoms with Crippen molar-refractivity contribution >= 4 is 44.8 Å². The van der Waals surface area contributed by atoms with Gasteiger partial charge in [-0.1, -0.05) is 196 Å². The summed E-state index contributed by atoms with van der Waals surface area (Å²) in [6.45, 7) is 15.4. The van der Waals surface area contributed by atoms with Gasteiger partial charge in [-0.05, 0) is 184 Å². The van der Waals surface area contributed by atoms with Crippen molar-refractivity contribution in [1.82, 2.24) is 0 Å². The number of allylic oxidation sites excluding steroid dienone is 5. The number of anilines is 1. The van der Waals surface area contributed by atoms with Crippen LogP contribution in [0, 0.1) is 34.6 Å². The lowest BCUT2D eigenvalue weighted by Crippen LogP contribution is -1.94. The number of nitrogens with one attached hydrogen (secondary N) is 1. The average Bonchev–Trinajstić information content (AvgIpc) is 3.76. The highest BCUT2D eigenvalue weighted by atomic mass is 32.1. The number of aryl methyl sites for hydroxylation is 4. The van der Waals surface area contributed by atoms with Gasteiger partial charge in [0.05, 0.1) is 0 Å². The molecule has 0 fully saturated rings. The minimum atomic E-state index is 1.05. The molecular weight excluding hydrogens is 863 g/mol. The fraction of sp³-hybridized carbons (Fsp3) is 0.147. The van der Waals surface area contributed by atoms with E-state index < -0.39 is 0 Å². The quantitative estimate of drug-likeness (QED) is 0.127. The molecule has 10 rings (SSSR count). The van der Waals surface area contributed by atoms with Crippen LogP contribution in [0.15, 0.2) is 200 Å². The lowest BCUT2D eigenvalue weighted by molar-refractivity contribution is 1.02. The van der Waals surface area contributed by atoms with Crippen LogP contribution in [0.25, 0.3) is 83.4 Å². The molecule has 1 N–H and O–H groups in total. The normalized spacial score (nSPS) is 12.4. The summed E-state index contributed by atoms with van der Waals surface area (Å²) in [4.78, 5) is 1.51. The average molecular weight is 926 g/mol. The third-order valence-corrected chi connectivity index (χ3v) is 14.7. The summed E-state index contributed by atoms with van der Waals surface area (Å²) in [7, 11) is 0. The van der Waals surface area contributed by atoms with Crippen molar-refractivity contribution in [2.45, 2.75) is 67.7 Å². The van der Waals surface area contributed by atoms with E-state index in [1.54, 1.807) is 0 Å². The lowest BCUT2D eigenvalue weighted by atomic mass is 9.86. The van der Waals surface area contributed by atoms with Gasteiger partial charge in [0, 0.05) is 26.9 Å². The molecule has 0 atom stereocenters. The van der Waals surface area contributed by atoms with Crippen molar-refractivity contribution in [1.29, 1.82) is 0 Å². The van der Waals surface area contributed by atoms with Crippen molar-refractivity contribution in [3.05, 3.63) is 250 Å². The largest absolute Gasteiger partial charge is 0.362 e. The zero-order valence-corrected chi connectivity index (χ0v) is 42.6. The van der Waals surface area contributed by atoms with E-state index in [9.17, 15) is 0 Å². The van der Waals surface area contributed by atoms with Gasteiger partial charge in [-0.2, -0.15) is 0 Å². The maximum Gasteiger partial charge on any atom is 0.0380 e. The topological polar surface area (TPSA) is 12.0 Å². The molecule has 1 heterocycles. The second kappa shape index (κ2) is 21.8. The monoisotopic (exact) mass is 925 g/mol. The molecule has 2 heteroatoms. The summed E-state index contributed by atoms with van der Waals surface area (Å²) in [6.07, 6.45) is 18.9. The summed E-state index contributed by atoms with van der Waals surface area (Å²) in [5, 5.41) is 4.86. The van der Waals surface area contributed by atoms with Crippen LogP contribution < -0.4 is 5.32 Å². The van der Waals surface area contributed by atoms with Gasteiger partial charge in [0.2, 0.25) is 0 Å². The molecule has 70 heavy (non-hydrogen) atoms. The Labute approximate surface area is 421 Å². The van der Waals surface area contributed by atoms with E-state index >= 15 is 0 Å². The van der Waals surface area contributed by atoms with Gasteiger partial charge in [-0.3, -0.25) is 0 Å². The van der Waals surface area contributed by atoms with Crippen LogP contribution in [-0.4, -0.2) is 0 Å². The molecular formula is C68H63NS. The van der Waals surface area contributed by atoms with Crippen LogP contribution in [-0.2, 0) is 6.42 Å². The lowest BCUT2D eigenvalue weighted by Gasteiger charge is -2.18. The predicted molar refractivity (Wildman–Crippen MR) is 309 cm³/mol. The summed E-state index contributed by atoms with van der Waals surface area (Å²) in [5.74, 6) is 0. The van der Waals surface area contributed by atoms with Crippen molar-refractivity contribution in [2.24, 2.45) is 0 Å². The first-order valence-electron chi connectivity index (χ1n) is 24.9. The number of hydrogen-bond donors (Lipinski definition) is 1. The maximum absolute atomic E-state index is 3.48. The van der Waals surface area contributed by atoms with Gasteiger partial charge >= 0.3 is 0 Å². The number of thiophene rings is 1. The van der Waals surface area contributed by atoms with Crippen LogP contribution in [0.1, 0.15) is 76.1 Å². The Hall–Kier alpha value is -7.52. The van der Waals surface area contributed by atoms with Gasteiger partial charge in [0.15, 0.2) is 0 Å². The summed E-state index contributed by atoms with van der Waals surface area (Å²) in [6, 6.07) is 62.1. The Bertz CT molecular complexity index is 3430. The van der Waals surface area contributed by atoms with E-state index in [2.05, 4.69) is 260 Å². The molecule has 346 valence electrons. The second-order valence-corrected chi connectivity index (χ2v) is 19.7. The molecule has 0 aliphatic heterocycles. The van der Waals surface area contributed by atoms with Gasteiger partial charge < -0.3 is 5.32 Å². The maximum atomic E-state index is 3.48. The third kappa shape index (κ3) is 10.4. The van der Waals surface area contributed by atoms with E-state index in [1.165, 1.54) is 122 Å². The first-order chi connectivity index (χ1) is 34.2. The highest BCUT2D eigenvalue weighted by molar-refractivity contribution is 7.19. The van der Waals surface area contributed by atoms with Crippen molar-refractivity contribution in [2.75, 3.05) is 5.32 Å². The summed E-state index contributed by atoms with van der Waals surface area (Å²) < 4.78 is 1.38. The summed E-state index contributed by atoms with van der Waals surface area (Å²) >= 11 is 1.94. The van der Waals surface area contributed by atoms with Crippen LogP contribution in [0.3, 0.4) is 0 Å². The van der Waals surface area contributed by atoms with Crippen LogP contribution in [0.4, 0.5) is 5.69 Å². The fourth-order valence-electron chi connectivity index (χ4n) is 9.81.